The third-order valence-corrected chi connectivity index (χ3v) is 5.69. The fraction of sp³-hybridized carbons (Fsp3) is 0.227. The maximum Gasteiger partial charge on any atom is 0.472 e. The normalized spacial score (nSPS) is 11.1. The van der Waals surface area contributed by atoms with Crippen LogP contribution in [-0.4, -0.2) is 61.9 Å². The van der Waals surface area contributed by atoms with Gasteiger partial charge in [-0.05, 0) is 44.0 Å². The van der Waals surface area contributed by atoms with Crippen molar-refractivity contribution in [1.82, 2.24) is 15.0 Å². The molecule has 0 saturated carbocycles. The number of nitrogens with zero attached hydrogens (tertiary/aromatic N) is 2. The average Bonchev–Trinajstić information content (AvgIpc) is 3.49. The Hall–Kier alpha value is -4.30. The van der Waals surface area contributed by atoms with Crippen molar-refractivity contribution in [3.8, 4) is 0 Å². The van der Waals surface area contributed by atoms with E-state index in [0.29, 0.717) is 21.7 Å². The van der Waals surface area contributed by atoms with Crippen LogP contribution in [0.2, 0.25) is 0 Å². The van der Waals surface area contributed by atoms with Gasteiger partial charge in [0.05, 0.1) is 11.3 Å². The molecule has 2 aromatic heterocycles. The number of aromatic amines is 1. The second-order valence-electron chi connectivity index (χ2n) is 7.77. The summed E-state index contributed by atoms with van der Waals surface area (Å²) in [6, 6.07) is 6.35. The van der Waals surface area contributed by atoms with Crippen molar-refractivity contribution in [3.05, 3.63) is 64.7 Å². The lowest BCUT2D eigenvalue weighted by molar-refractivity contribution is 0.0210. The van der Waals surface area contributed by atoms with Crippen LogP contribution in [0.15, 0.2) is 41.2 Å². The van der Waals surface area contributed by atoms with Crippen LogP contribution in [0, 0.1) is 19.3 Å². The predicted molar refractivity (Wildman–Crippen MR) is 133 cm³/mol. The monoisotopic (exact) mass is 548 g/mol. The summed E-state index contributed by atoms with van der Waals surface area (Å²) < 4.78 is 24.1. The molecule has 0 bridgehead atoms. The van der Waals surface area contributed by atoms with Gasteiger partial charge in [0.15, 0.2) is 5.82 Å². The van der Waals surface area contributed by atoms with Gasteiger partial charge in [0.2, 0.25) is 6.79 Å². The van der Waals surface area contributed by atoms with E-state index in [0.717, 1.165) is 5.56 Å². The van der Waals surface area contributed by atoms with Crippen molar-refractivity contribution in [2.45, 2.75) is 20.8 Å². The molecule has 0 aliphatic carbocycles. The highest BCUT2D eigenvalue weighted by Crippen LogP contribution is 2.35. The maximum absolute atomic E-state index is 13.0. The summed E-state index contributed by atoms with van der Waals surface area (Å²) in [6.07, 6.45) is 1.47. The van der Waals surface area contributed by atoms with Crippen molar-refractivity contribution in [2.24, 2.45) is 0 Å². The summed E-state index contributed by atoms with van der Waals surface area (Å²) in [5.41, 5.74) is 2.17. The molecule has 15 nitrogen and oxygen atoms in total. The Kier molecular flexibility index (Phi) is 8.80. The predicted octanol–water partition coefficient (Wildman–Crippen LogP) is 2.97. The average molecular weight is 548 g/mol. The molecule has 38 heavy (non-hydrogen) atoms. The molecule has 1 aromatic carbocycles. The Bertz CT molecular complexity index is 1400. The summed E-state index contributed by atoms with van der Waals surface area (Å²) in [5, 5.41) is 17.6. The molecule has 0 atom stereocenters. The number of ether oxygens (including phenoxy) is 1. The molecule has 0 spiro atoms. The standard InChI is InChI=1S/C22H25N6O9P/c1-4-28(22(31)35-11-37-38(32,33)34)21(30)15-10-24-18(13(15)3)19(23)25-16-9-14(6-5-12(16)2)20(29)26-17-7-8-36-27-17/h5-10,24H,4,11H2,1-3H3,(H2,23,25)(H,26,27,29)(H2,32,33,34). The van der Waals surface area contributed by atoms with Crippen molar-refractivity contribution in [2.75, 3.05) is 24.0 Å². The van der Waals surface area contributed by atoms with Gasteiger partial charge in [0.25, 0.3) is 11.8 Å². The molecule has 16 heteroatoms. The van der Waals surface area contributed by atoms with Gasteiger partial charge < -0.3 is 34.7 Å². The van der Waals surface area contributed by atoms with E-state index in [1.807, 2.05) is 0 Å². The van der Waals surface area contributed by atoms with Crippen molar-refractivity contribution in [1.29, 1.82) is 5.41 Å². The Labute approximate surface area is 215 Å². The van der Waals surface area contributed by atoms with Gasteiger partial charge >= 0.3 is 13.9 Å². The zero-order valence-electron chi connectivity index (χ0n) is 20.5. The first-order chi connectivity index (χ1) is 17.9. The number of nitrogens with one attached hydrogen (secondary N) is 4. The summed E-state index contributed by atoms with van der Waals surface area (Å²) in [4.78, 5) is 58.6. The number of H-pyrrole nitrogens is 1. The van der Waals surface area contributed by atoms with Crippen LogP contribution >= 0.6 is 7.82 Å². The zero-order valence-corrected chi connectivity index (χ0v) is 21.4. The van der Waals surface area contributed by atoms with Crippen LogP contribution in [0.1, 0.15) is 44.5 Å². The zero-order chi connectivity index (χ0) is 28.0. The summed E-state index contributed by atoms with van der Waals surface area (Å²) in [5.74, 6) is -1.06. The number of hydrogen-bond donors (Lipinski definition) is 6. The first-order valence-electron chi connectivity index (χ1n) is 11.0. The van der Waals surface area contributed by atoms with Crippen LogP contribution in [0.5, 0.6) is 0 Å². The van der Waals surface area contributed by atoms with Gasteiger partial charge in [-0.1, -0.05) is 11.2 Å². The molecule has 3 aromatic rings. The first-order valence-corrected chi connectivity index (χ1v) is 12.5. The SMILES string of the molecule is CCN(C(=O)OCOP(=O)(O)O)C(=O)c1c[nH]c(C(=N)Nc2cc(C(=O)Nc3ccon3)ccc2C)c1C. The van der Waals surface area contributed by atoms with E-state index < -0.39 is 32.5 Å². The fourth-order valence-corrected chi connectivity index (χ4v) is 3.45. The molecule has 0 unspecified atom stereocenters. The Morgan fingerprint density at radius 3 is 2.58 bits per heavy atom. The van der Waals surface area contributed by atoms with Crippen LogP contribution in [0.25, 0.3) is 0 Å². The van der Waals surface area contributed by atoms with Crippen molar-refractivity contribution < 1.29 is 42.5 Å². The van der Waals surface area contributed by atoms with E-state index in [1.54, 1.807) is 32.0 Å². The largest absolute Gasteiger partial charge is 0.472 e. The van der Waals surface area contributed by atoms with Crippen LogP contribution in [0.3, 0.4) is 0 Å². The summed E-state index contributed by atoms with van der Waals surface area (Å²) >= 11 is 0. The highest BCUT2D eigenvalue weighted by atomic mass is 31.2. The lowest BCUT2D eigenvalue weighted by Crippen LogP contribution is -2.37. The second kappa shape index (κ2) is 11.8. The minimum absolute atomic E-state index is 0.0683. The Morgan fingerprint density at radius 1 is 1.21 bits per heavy atom. The number of aromatic nitrogens is 2. The number of anilines is 2. The van der Waals surface area contributed by atoms with E-state index >= 15 is 0 Å². The molecule has 0 aliphatic rings. The van der Waals surface area contributed by atoms with E-state index in [1.165, 1.54) is 25.5 Å². The number of phosphoric ester groups is 1. The minimum Gasteiger partial charge on any atom is -0.421 e. The highest BCUT2D eigenvalue weighted by molar-refractivity contribution is 7.46. The minimum atomic E-state index is -4.86. The van der Waals surface area contributed by atoms with Crippen molar-refractivity contribution in [3.63, 3.8) is 0 Å². The molecule has 3 amide bonds. The summed E-state index contributed by atoms with van der Waals surface area (Å²) in [6.45, 7) is 3.70. The molecule has 6 N–H and O–H groups in total. The summed E-state index contributed by atoms with van der Waals surface area (Å²) in [7, 11) is -4.86. The molecule has 0 radical (unpaired) electrons. The molecule has 0 saturated heterocycles. The topological polar surface area (TPSA) is 220 Å². The number of benzene rings is 1. The number of imide groups is 1. The van der Waals surface area contributed by atoms with Gasteiger partial charge in [-0.2, -0.15) is 0 Å². The fourth-order valence-electron chi connectivity index (χ4n) is 3.26. The third-order valence-electron chi connectivity index (χ3n) is 5.24. The van der Waals surface area contributed by atoms with Gasteiger partial charge in [0.1, 0.15) is 12.1 Å². The van der Waals surface area contributed by atoms with Gasteiger partial charge in [0, 0.05) is 30.1 Å². The second-order valence-corrected chi connectivity index (χ2v) is 9.01. The van der Waals surface area contributed by atoms with Crippen LogP contribution in [-0.2, 0) is 13.8 Å². The van der Waals surface area contributed by atoms with E-state index in [9.17, 15) is 18.9 Å². The van der Waals surface area contributed by atoms with Gasteiger partial charge in [-0.3, -0.25) is 15.0 Å². The maximum atomic E-state index is 13.0. The molecular weight excluding hydrogens is 523 g/mol. The van der Waals surface area contributed by atoms with E-state index in [-0.39, 0.29) is 29.5 Å². The number of amides is 3. The molecule has 202 valence electrons. The highest BCUT2D eigenvalue weighted by Gasteiger charge is 2.27. The molecule has 0 fully saturated rings. The van der Waals surface area contributed by atoms with Crippen LogP contribution < -0.4 is 10.6 Å². The number of rotatable bonds is 9. The third kappa shape index (κ3) is 6.92. The molecular formula is C22H25N6O9P. The number of amidine groups is 1. The van der Waals surface area contributed by atoms with Gasteiger partial charge in [-0.25, -0.2) is 18.8 Å². The molecule has 3 rings (SSSR count). The number of aryl methyl sites for hydroxylation is 1. The van der Waals surface area contributed by atoms with Gasteiger partial charge in [-0.15, -0.1) is 0 Å². The quantitative estimate of drug-likeness (QED) is 0.0987. The number of carbonyl (C=O) groups excluding carboxylic acids is 3. The Morgan fingerprint density at radius 2 is 1.95 bits per heavy atom. The Balaban J connectivity index is 1.73. The number of hydrogen-bond acceptors (Lipinski definition) is 9. The lowest BCUT2D eigenvalue weighted by Gasteiger charge is -2.18. The molecule has 2 heterocycles. The van der Waals surface area contributed by atoms with E-state index in [4.69, 9.17) is 19.7 Å². The number of phosphoric acid groups is 1. The lowest BCUT2D eigenvalue weighted by atomic mass is 10.1. The number of carbonyl (C=O) groups is 3. The first kappa shape index (κ1) is 28.3. The smallest absolute Gasteiger partial charge is 0.421 e. The van der Waals surface area contributed by atoms with Crippen LogP contribution in [0.4, 0.5) is 16.3 Å². The van der Waals surface area contributed by atoms with E-state index in [2.05, 4.69) is 30.0 Å². The molecule has 0 aliphatic heterocycles. The van der Waals surface area contributed by atoms with Crippen molar-refractivity contribution >= 4 is 43.1 Å².